The van der Waals surface area contributed by atoms with E-state index in [4.69, 9.17) is 0 Å². The van der Waals surface area contributed by atoms with Crippen molar-refractivity contribution in [1.82, 2.24) is 9.80 Å². The van der Waals surface area contributed by atoms with E-state index < -0.39 is 0 Å². The summed E-state index contributed by atoms with van der Waals surface area (Å²) in [5.74, 6) is 0. The van der Waals surface area contributed by atoms with Crippen LogP contribution in [0.3, 0.4) is 0 Å². The van der Waals surface area contributed by atoms with E-state index in [-0.39, 0.29) is 5.41 Å². The summed E-state index contributed by atoms with van der Waals surface area (Å²) in [4.78, 5) is 5.54. The minimum absolute atomic E-state index is 0.224. The molecule has 0 saturated carbocycles. The van der Waals surface area contributed by atoms with Crippen molar-refractivity contribution in [3.05, 3.63) is 102 Å². The number of nitrogens with one attached hydrogen (secondary N) is 1. The molecule has 4 heterocycles. The summed E-state index contributed by atoms with van der Waals surface area (Å²) in [5.41, 5.74) is 6.01. The van der Waals surface area contributed by atoms with Gasteiger partial charge in [0.2, 0.25) is 0 Å². The molecule has 7 rings (SSSR count). The third-order valence-corrected chi connectivity index (χ3v) is 7.83. The molecule has 3 saturated heterocycles. The van der Waals surface area contributed by atoms with Crippen molar-refractivity contribution in [2.24, 2.45) is 0 Å². The lowest BCUT2D eigenvalue weighted by Gasteiger charge is -2.36. The summed E-state index contributed by atoms with van der Waals surface area (Å²) in [6.45, 7) is 2.23. The predicted octanol–water partition coefficient (Wildman–Crippen LogP) is 4.39. The molecule has 3 aromatic carbocycles. The van der Waals surface area contributed by atoms with Crippen LogP contribution in [0.15, 0.2) is 84.9 Å². The van der Waals surface area contributed by atoms with E-state index in [1.54, 1.807) is 5.56 Å². The fourth-order valence-corrected chi connectivity index (χ4v) is 6.78. The largest absolute Gasteiger partial charge is 0.368 e. The number of anilines is 1. The summed E-state index contributed by atoms with van der Waals surface area (Å²) >= 11 is 0. The van der Waals surface area contributed by atoms with Crippen molar-refractivity contribution in [2.45, 2.75) is 42.7 Å². The summed E-state index contributed by atoms with van der Waals surface area (Å²) in [6.07, 6.45) is 1.66. The Kier molecular flexibility index (Phi) is 3.19. The van der Waals surface area contributed by atoms with Crippen LogP contribution in [0.1, 0.15) is 29.2 Å². The van der Waals surface area contributed by atoms with Gasteiger partial charge in [-0.05, 0) is 35.7 Å². The Bertz CT molecular complexity index is 1070. The summed E-state index contributed by atoms with van der Waals surface area (Å²) in [5, 5.41) is 3.93. The van der Waals surface area contributed by atoms with Gasteiger partial charge in [-0.2, -0.15) is 0 Å². The molecule has 1 N–H and O–H groups in total. The summed E-state index contributed by atoms with van der Waals surface area (Å²) in [7, 11) is 0. The van der Waals surface area contributed by atoms with E-state index in [1.165, 1.54) is 29.8 Å². The van der Waals surface area contributed by atoms with Crippen LogP contribution < -0.4 is 5.32 Å². The van der Waals surface area contributed by atoms with Gasteiger partial charge < -0.3 is 5.32 Å². The minimum atomic E-state index is 0.224. The molecule has 3 unspecified atom stereocenters. The van der Waals surface area contributed by atoms with Crippen LogP contribution in [0.2, 0.25) is 0 Å². The zero-order chi connectivity index (χ0) is 19.0. The highest BCUT2D eigenvalue weighted by Crippen LogP contribution is 2.67. The van der Waals surface area contributed by atoms with Crippen molar-refractivity contribution >= 4 is 5.69 Å². The molecule has 0 radical (unpaired) electrons. The zero-order valence-electron chi connectivity index (χ0n) is 16.4. The Balaban J connectivity index is 1.32. The Hall–Kier alpha value is -2.62. The molecule has 144 valence electrons. The molecule has 6 atom stereocenters. The minimum Gasteiger partial charge on any atom is -0.368 e. The lowest BCUT2D eigenvalue weighted by atomic mass is 9.73. The van der Waals surface area contributed by atoms with E-state index in [2.05, 4.69) is 100 Å². The number of para-hydroxylation sites is 1. The van der Waals surface area contributed by atoms with Gasteiger partial charge in [0.15, 0.2) is 0 Å². The van der Waals surface area contributed by atoms with Gasteiger partial charge in [-0.1, -0.05) is 78.9 Å². The average molecular weight is 380 g/mol. The van der Waals surface area contributed by atoms with Gasteiger partial charge in [-0.3, -0.25) is 9.80 Å². The fourth-order valence-electron chi connectivity index (χ4n) is 6.78. The smallest absolute Gasteiger partial charge is 0.0918 e. The predicted molar refractivity (Wildman–Crippen MR) is 116 cm³/mol. The fraction of sp³-hybridized carbons (Fsp3) is 0.308. The molecule has 4 aliphatic heterocycles. The second-order valence-electron chi connectivity index (χ2n) is 9.08. The number of piperidine rings is 1. The molecular weight excluding hydrogens is 354 g/mol. The molecular formula is C26H25N3. The SMILES string of the molecule is c1ccc(CN2CCC34c5ccccc5N[C@@H]3N3[C@H](c5ccccc5)[C@@H]3C24)cc1. The maximum Gasteiger partial charge on any atom is 0.0918 e. The number of hydrogen-bond donors (Lipinski definition) is 1. The van der Waals surface area contributed by atoms with Crippen LogP contribution in [0, 0.1) is 0 Å². The molecule has 3 nitrogen and oxygen atoms in total. The first-order valence-corrected chi connectivity index (χ1v) is 10.8. The molecule has 0 aliphatic carbocycles. The maximum atomic E-state index is 3.93. The monoisotopic (exact) mass is 379 g/mol. The van der Waals surface area contributed by atoms with Crippen LogP contribution in [-0.2, 0) is 12.0 Å². The first-order chi connectivity index (χ1) is 14.4. The lowest BCUT2D eigenvalue weighted by molar-refractivity contribution is 0.206. The van der Waals surface area contributed by atoms with Gasteiger partial charge in [0.1, 0.15) is 0 Å². The normalized spacial score (nSPS) is 36.1. The quantitative estimate of drug-likeness (QED) is 0.681. The van der Waals surface area contributed by atoms with E-state index in [0.717, 1.165) is 6.54 Å². The third kappa shape index (κ3) is 2.04. The van der Waals surface area contributed by atoms with Crippen LogP contribution >= 0.6 is 0 Å². The molecule has 0 bridgehead atoms. The van der Waals surface area contributed by atoms with Crippen LogP contribution in [0.5, 0.6) is 0 Å². The lowest BCUT2D eigenvalue weighted by Crippen LogP contribution is -2.48. The number of rotatable bonds is 3. The molecule has 4 aliphatic rings. The van der Waals surface area contributed by atoms with Crippen molar-refractivity contribution in [3.63, 3.8) is 0 Å². The second-order valence-corrected chi connectivity index (χ2v) is 9.08. The second kappa shape index (κ2) is 5.71. The van der Waals surface area contributed by atoms with Gasteiger partial charge in [-0.15, -0.1) is 0 Å². The highest BCUT2D eigenvalue weighted by atomic mass is 15.5. The number of hydrogen-bond acceptors (Lipinski definition) is 3. The van der Waals surface area contributed by atoms with E-state index >= 15 is 0 Å². The van der Waals surface area contributed by atoms with Crippen LogP contribution in [0.25, 0.3) is 0 Å². The van der Waals surface area contributed by atoms with Gasteiger partial charge in [-0.25, -0.2) is 0 Å². The first-order valence-electron chi connectivity index (χ1n) is 10.8. The van der Waals surface area contributed by atoms with Crippen molar-refractivity contribution < 1.29 is 0 Å². The molecule has 3 heteroatoms. The molecule has 0 amide bonds. The molecule has 29 heavy (non-hydrogen) atoms. The van der Waals surface area contributed by atoms with Crippen molar-refractivity contribution in [2.75, 3.05) is 11.9 Å². The van der Waals surface area contributed by atoms with E-state index in [0.29, 0.717) is 24.3 Å². The van der Waals surface area contributed by atoms with E-state index in [9.17, 15) is 0 Å². The Labute approximate surface area is 172 Å². The number of nitrogens with zero attached hydrogens (tertiary/aromatic N) is 2. The molecule has 0 aromatic heterocycles. The highest BCUT2D eigenvalue weighted by molar-refractivity contribution is 5.66. The number of benzene rings is 3. The number of likely N-dealkylation sites (tertiary alicyclic amines) is 1. The first kappa shape index (κ1) is 16.2. The number of fused-ring (bicyclic) bond motifs is 4. The summed E-state index contributed by atoms with van der Waals surface area (Å²) in [6, 6.07) is 32.9. The molecule has 3 fully saturated rings. The highest BCUT2D eigenvalue weighted by Gasteiger charge is 2.76. The average Bonchev–Trinajstić information content (AvgIpc) is 3.08. The summed E-state index contributed by atoms with van der Waals surface area (Å²) < 4.78 is 0. The third-order valence-electron chi connectivity index (χ3n) is 7.83. The topological polar surface area (TPSA) is 18.3 Å². The standard InChI is InChI=1S/C26H25N3/c1-3-9-18(10-4-1)17-28-16-15-26-20-13-7-8-14-21(20)27-25(26)29-22(23(29)24(26)28)19-11-5-2-6-12-19/h1-14,22-25,27H,15-17H2/t22-,23-,24?,25-,26?,29?/m1/s1. The van der Waals surface area contributed by atoms with Gasteiger partial charge >= 0.3 is 0 Å². The Morgan fingerprint density at radius 2 is 1.59 bits per heavy atom. The van der Waals surface area contributed by atoms with Crippen LogP contribution in [-0.4, -0.2) is 34.6 Å². The van der Waals surface area contributed by atoms with E-state index in [1.807, 2.05) is 0 Å². The Morgan fingerprint density at radius 1 is 0.862 bits per heavy atom. The Morgan fingerprint density at radius 3 is 2.41 bits per heavy atom. The zero-order valence-corrected chi connectivity index (χ0v) is 16.4. The van der Waals surface area contributed by atoms with Gasteiger partial charge in [0.05, 0.1) is 12.2 Å². The van der Waals surface area contributed by atoms with Crippen molar-refractivity contribution in [1.29, 1.82) is 0 Å². The van der Waals surface area contributed by atoms with Gasteiger partial charge in [0, 0.05) is 29.7 Å². The maximum absolute atomic E-state index is 3.93. The van der Waals surface area contributed by atoms with Crippen LogP contribution in [0.4, 0.5) is 5.69 Å². The molecule has 3 aromatic rings. The van der Waals surface area contributed by atoms with Crippen molar-refractivity contribution in [3.8, 4) is 0 Å². The van der Waals surface area contributed by atoms with Gasteiger partial charge in [0.25, 0.3) is 0 Å². The molecule has 1 spiro atoms.